The smallest absolute Gasteiger partial charge is 0.325 e. The van der Waals surface area contributed by atoms with Gasteiger partial charge in [-0.05, 0) is 47.5 Å². The van der Waals surface area contributed by atoms with Crippen LogP contribution in [0.25, 0.3) is 11.1 Å². The molecule has 0 saturated carbocycles. The van der Waals surface area contributed by atoms with Crippen molar-refractivity contribution >= 4 is 29.5 Å². The molecule has 0 aromatic heterocycles. The number of rotatable bonds is 8. The van der Waals surface area contributed by atoms with E-state index in [4.69, 9.17) is 9.47 Å². The first kappa shape index (κ1) is 24.0. The number of carbonyl (C=O) groups excluding carboxylic acids is 4. The molecule has 0 unspecified atom stereocenters. The second-order valence-corrected chi connectivity index (χ2v) is 7.02. The van der Waals surface area contributed by atoms with Gasteiger partial charge in [0.1, 0.15) is 12.3 Å². The Morgan fingerprint density at radius 1 is 0.794 bits per heavy atom. The van der Waals surface area contributed by atoms with Crippen LogP contribution in [0.3, 0.4) is 0 Å². The third-order valence-corrected chi connectivity index (χ3v) is 4.61. The first-order chi connectivity index (χ1) is 16.4. The molecule has 9 heteroatoms. The van der Waals surface area contributed by atoms with Gasteiger partial charge in [-0.3, -0.25) is 19.7 Å². The fourth-order valence-corrected chi connectivity index (χ4v) is 2.90. The number of hydrogen-bond acceptors (Lipinski definition) is 6. The van der Waals surface area contributed by atoms with Gasteiger partial charge < -0.3 is 20.1 Å². The quantitative estimate of drug-likeness (QED) is 0.443. The van der Waals surface area contributed by atoms with Crippen molar-refractivity contribution in [2.24, 2.45) is 0 Å². The van der Waals surface area contributed by atoms with Crippen molar-refractivity contribution in [1.29, 1.82) is 0 Å². The first-order valence-corrected chi connectivity index (χ1v) is 10.3. The van der Waals surface area contributed by atoms with Gasteiger partial charge >= 0.3 is 12.0 Å². The Bertz CT molecular complexity index is 1150. The number of hydrogen-bond donors (Lipinski definition) is 3. The fourth-order valence-electron chi connectivity index (χ4n) is 2.90. The van der Waals surface area contributed by atoms with Gasteiger partial charge in [0.25, 0.3) is 11.8 Å². The summed E-state index contributed by atoms with van der Waals surface area (Å²) in [5, 5.41) is 6.93. The number of benzene rings is 3. The maximum Gasteiger partial charge on any atom is 0.325 e. The molecule has 3 rings (SSSR count). The summed E-state index contributed by atoms with van der Waals surface area (Å²) in [4.78, 5) is 47.7. The van der Waals surface area contributed by atoms with Crippen LogP contribution in [0, 0.1) is 0 Å². The number of carbonyl (C=O) groups is 4. The zero-order valence-electron chi connectivity index (χ0n) is 18.4. The minimum Gasteiger partial charge on any atom is -0.497 e. The maximum atomic E-state index is 12.2. The van der Waals surface area contributed by atoms with Crippen LogP contribution in [0.15, 0.2) is 78.9 Å². The van der Waals surface area contributed by atoms with Crippen molar-refractivity contribution in [3.05, 3.63) is 84.4 Å². The summed E-state index contributed by atoms with van der Waals surface area (Å²) < 4.78 is 9.80. The molecule has 4 amide bonds. The van der Waals surface area contributed by atoms with Gasteiger partial charge in [-0.2, -0.15) is 0 Å². The molecule has 34 heavy (non-hydrogen) atoms. The van der Waals surface area contributed by atoms with Gasteiger partial charge in [-0.15, -0.1) is 0 Å². The lowest BCUT2D eigenvalue weighted by Gasteiger charge is -2.09. The minimum absolute atomic E-state index is 0.375. The Kier molecular flexibility index (Phi) is 8.34. The predicted molar refractivity (Wildman–Crippen MR) is 125 cm³/mol. The lowest BCUT2D eigenvalue weighted by Crippen LogP contribution is -2.38. The van der Waals surface area contributed by atoms with E-state index in [9.17, 15) is 19.2 Å². The van der Waals surface area contributed by atoms with Crippen molar-refractivity contribution in [2.75, 3.05) is 25.6 Å². The monoisotopic (exact) mass is 461 g/mol. The predicted octanol–water partition coefficient (Wildman–Crippen LogP) is 2.98. The van der Waals surface area contributed by atoms with Gasteiger partial charge in [-0.25, -0.2) is 4.79 Å². The Morgan fingerprint density at radius 3 is 2.09 bits per heavy atom. The van der Waals surface area contributed by atoms with Gasteiger partial charge in [-0.1, -0.05) is 42.5 Å². The second-order valence-electron chi connectivity index (χ2n) is 7.02. The van der Waals surface area contributed by atoms with Crippen molar-refractivity contribution in [3.63, 3.8) is 0 Å². The number of ether oxygens (including phenoxy) is 2. The molecule has 0 aliphatic rings. The highest BCUT2D eigenvalue weighted by atomic mass is 16.5. The van der Waals surface area contributed by atoms with Gasteiger partial charge in [0.15, 0.2) is 6.61 Å². The molecule has 0 fully saturated rings. The normalized spacial score (nSPS) is 10.0. The first-order valence-electron chi connectivity index (χ1n) is 10.3. The van der Waals surface area contributed by atoms with Gasteiger partial charge in [0, 0.05) is 11.3 Å². The highest BCUT2D eigenvalue weighted by Gasteiger charge is 2.13. The standard InChI is InChI=1S/C25H23N3O6/c1-33-21-13-11-20(12-14-21)27-25(32)28-22(29)16-34-23(30)15-26-24(31)19-9-7-18(8-10-19)17-5-3-2-4-6-17/h2-14H,15-16H2,1H3,(H,26,31)(H2,27,28,29,32). The Hall–Kier alpha value is -4.66. The molecule has 0 radical (unpaired) electrons. The van der Waals surface area contributed by atoms with Crippen LogP contribution in [0.4, 0.5) is 10.5 Å². The fraction of sp³-hybridized carbons (Fsp3) is 0.120. The molecule has 0 saturated heterocycles. The second kappa shape index (κ2) is 11.8. The lowest BCUT2D eigenvalue weighted by molar-refractivity contribution is -0.147. The average molecular weight is 461 g/mol. The highest BCUT2D eigenvalue weighted by Crippen LogP contribution is 2.19. The summed E-state index contributed by atoms with van der Waals surface area (Å²) in [6, 6.07) is 22.3. The van der Waals surface area contributed by atoms with Crippen LogP contribution < -0.4 is 20.7 Å². The van der Waals surface area contributed by atoms with Crippen LogP contribution in [-0.2, 0) is 14.3 Å². The number of amides is 4. The van der Waals surface area contributed by atoms with E-state index in [1.165, 1.54) is 7.11 Å². The molecule has 0 atom stereocenters. The molecule has 0 spiro atoms. The number of imide groups is 1. The van der Waals surface area contributed by atoms with Gasteiger partial charge in [0.05, 0.1) is 7.11 Å². The lowest BCUT2D eigenvalue weighted by atomic mass is 10.0. The minimum atomic E-state index is -0.819. The van der Waals surface area contributed by atoms with Crippen LogP contribution >= 0.6 is 0 Å². The SMILES string of the molecule is COc1ccc(NC(=O)NC(=O)COC(=O)CNC(=O)c2ccc(-c3ccccc3)cc2)cc1. The molecular weight excluding hydrogens is 438 g/mol. The van der Waals surface area contributed by atoms with Gasteiger partial charge in [0.2, 0.25) is 0 Å². The number of methoxy groups -OCH3 is 1. The molecule has 9 nitrogen and oxygen atoms in total. The van der Waals surface area contributed by atoms with E-state index in [0.29, 0.717) is 17.0 Å². The maximum absolute atomic E-state index is 12.2. The van der Waals surface area contributed by atoms with Crippen LogP contribution in [0.2, 0.25) is 0 Å². The molecule has 0 aliphatic heterocycles. The number of urea groups is 1. The van der Waals surface area contributed by atoms with Crippen molar-refractivity contribution in [1.82, 2.24) is 10.6 Å². The van der Waals surface area contributed by atoms with Crippen molar-refractivity contribution < 1.29 is 28.7 Å². The van der Waals surface area contributed by atoms with E-state index in [-0.39, 0.29) is 0 Å². The average Bonchev–Trinajstić information content (AvgIpc) is 2.87. The third kappa shape index (κ3) is 7.20. The summed E-state index contributed by atoms with van der Waals surface area (Å²) >= 11 is 0. The number of nitrogens with one attached hydrogen (secondary N) is 3. The molecule has 3 N–H and O–H groups in total. The van der Waals surface area contributed by atoms with E-state index in [1.54, 1.807) is 36.4 Å². The van der Waals surface area contributed by atoms with E-state index >= 15 is 0 Å². The van der Waals surface area contributed by atoms with Crippen molar-refractivity contribution in [2.45, 2.75) is 0 Å². The highest BCUT2D eigenvalue weighted by molar-refractivity contribution is 6.02. The number of anilines is 1. The largest absolute Gasteiger partial charge is 0.497 e. The molecule has 3 aromatic rings. The Balaban J connectivity index is 1.37. The molecule has 174 valence electrons. The summed E-state index contributed by atoms with van der Waals surface area (Å²) in [5.41, 5.74) is 2.80. The topological polar surface area (TPSA) is 123 Å². The van der Waals surface area contributed by atoms with E-state index in [1.807, 2.05) is 47.8 Å². The zero-order valence-corrected chi connectivity index (χ0v) is 18.4. The zero-order chi connectivity index (χ0) is 24.3. The molecule has 0 heterocycles. The molecular formula is C25H23N3O6. The summed E-state index contributed by atoms with van der Waals surface area (Å²) in [6.45, 7) is -1.10. The Morgan fingerprint density at radius 2 is 1.44 bits per heavy atom. The molecule has 0 bridgehead atoms. The van der Waals surface area contributed by atoms with E-state index in [2.05, 4.69) is 10.6 Å². The summed E-state index contributed by atoms with van der Waals surface area (Å²) in [6.07, 6.45) is 0. The molecule has 0 aliphatic carbocycles. The molecule has 3 aromatic carbocycles. The Labute approximate surface area is 196 Å². The third-order valence-electron chi connectivity index (χ3n) is 4.61. The van der Waals surface area contributed by atoms with Crippen molar-refractivity contribution in [3.8, 4) is 16.9 Å². The van der Waals surface area contributed by atoms with E-state index < -0.39 is 37.0 Å². The summed E-state index contributed by atoms with van der Waals surface area (Å²) in [5.74, 6) is -1.48. The van der Waals surface area contributed by atoms with E-state index in [0.717, 1.165) is 11.1 Å². The number of esters is 1. The van der Waals surface area contributed by atoms with Crippen LogP contribution in [-0.4, -0.2) is 44.1 Å². The van der Waals surface area contributed by atoms with Crippen LogP contribution in [0.1, 0.15) is 10.4 Å². The van der Waals surface area contributed by atoms with Crippen LogP contribution in [0.5, 0.6) is 5.75 Å². The summed E-state index contributed by atoms with van der Waals surface area (Å²) in [7, 11) is 1.52.